The zero-order valence-corrected chi connectivity index (χ0v) is 29.6. The summed E-state index contributed by atoms with van der Waals surface area (Å²) in [6, 6.07) is 5.99. The Balaban J connectivity index is 1.53. The molecule has 266 valence electrons. The smallest absolute Gasteiger partial charge is 0.312 e. The van der Waals surface area contributed by atoms with Gasteiger partial charge in [-0.1, -0.05) is 60.1 Å². The molecule has 2 atom stereocenters. The molecule has 7 amide bonds. The van der Waals surface area contributed by atoms with Gasteiger partial charge in [0, 0.05) is 31.7 Å². The number of carbonyl (C=O) groups is 6. The minimum absolute atomic E-state index is 0.108. The van der Waals surface area contributed by atoms with Gasteiger partial charge in [0.05, 0.1) is 5.92 Å². The zero-order valence-electron chi connectivity index (χ0n) is 29.6. The second-order valence-corrected chi connectivity index (χ2v) is 15.6. The first-order valence-corrected chi connectivity index (χ1v) is 17.3. The summed E-state index contributed by atoms with van der Waals surface area (Å²) >= 11 is 0. The normalized spacial score (nSPS) is 18.1. The van der Waals surface area contributed by atoms with Gasteiger partial charge in [0.25, 0.3) is 0 Å². The molecule has 1 aromatic rings. The highest BCUT2D eigenvalue weighted by atomic mass is 16.2. The van der Waals surface area contributed by atoms with Gasteiger partial charge in [0.2, 0.25) is 29.5 Å². The molecule has 1 saturated carbocycles. The molecule has 12 nitrogen and oxygen atoms in total. The van der Waals surface area contributed by atoms with E-state index in [9.17, 15) is 28.8 Å². The number of likely N-dealkylation sites (tertiary alicyclic amines) is 1. The van der Waals surface area contributed by atoms with Crippen LogP contribution < -0.4 is 27.0 Å². The molecule has 3 rings (SSSR count). The van der Waals surface area contributed by atoms with Gasteiger partial charge in [-0.3, -0.25) is 28.9 Å². The third-order valence-corrected chi connectivity index (χ3v) is 9.26. The van der Waals surface area contributed by atoms with Crippen LogP contribution in [-0.4, -0.2) is 66.1 Å². The van der Waals surface area contributed by atoms with Crippen LogP contribution in [0.25, 0.3) is 0 Å². The van der Waals surface area contributed by atoms with Crippen LogP contribution in [0.2, 0.25) is 0 Å². The maximum absolute atomic E-state index is 13.6. The molecule has 12 heteroatoms. The van der Waals surface area contributed by atoms with Gasteiger partial charge in [-0.2, -0.15) is 0 Å². The van der Waals surface area contributed by atoms with Gasteiger partial charge in [-0.15, -0.1) is 0 Å². The van der Waals surface area contributed by atoms with Gasteiger partial charge in [-0.05, 0) is 79.9 Å². The predicted octanol–water partition coefficient (Wildman–Crippen LogP) is 4.03. The van der Waals surface area contributed by atoms with Crippen molar-refractivity contribution in [1.29, 1.82) is 0 Å². The molecule has 6 N–H and O–H groups in total. The van der Waals surface area contributed by atoms with Crippen LogP contribution in [0.4, 0.5) is 10.5 Å². The highest BCUT2D eigenvalue weighted by molar-refractivity contribution is 6.08. The molecule has 1 aromatic carbocycles. The highest BCUT2D eigenvalue weighted by Crippen LogP contribution is 2.41. The third kappa shape index (κ3) is 10.8. The number of nitrogens with two attached hydrogens (primary N) is 1. The highest BCUT2D eigenvalue weighted by Gasteiger charge is 2.51. The van der Waals surface area contributed by atoms with E-state index in [4.69, 9.17) is 5.73 Å². The van der Waals surface area contributed by atoms with E-state index >= 15 is 0 Å². The summed E-state index contributed by atoms with van der Waals surface area (Å²) in [6.45, 7) is 13.3. The van der Waals surface area contributed by atoms with E-state index in [0.29, 0.717) is 63.7 Å². The second-order valence-electron chi connectivity index (χ2n) is 15.6. The fraction of sp³-hybridized carbons (Fsp3) is 0.667. The second kappa shape index (κ2) is 16.4. The number of urea groups is 1. The molecule has 1 saturated heterocycles. The molecule has 48 heavy (non-hydrogen) atoms. The van der Waals surface area contributed by atoms with Crippen molar-refractivity contribution >= 4 is 41.3 Å². The Morgan fingerprint density at radius 1 is 0.896 bits per heavy atom. The number of primary amides is 1. The van der Waals surface area contributed by atoms with E-state index in [-0.39, 0.29) is 53.9 Å². The molecular formula is C36H56N6O6. The summed E-state index contributed by atoms with van der Waals surface area (Å²) in [7, 11) is 0. The van der Waals surface area contributed by atoms with Crippen LogP contribution in [0, 0.1) is 22.2 Å². The molecule has 0 aromatic heterocycles. The monoisotopic (exact) mass is 668 g/mol. The molecule has 1 aliphatic carbocycles. The Kier molecular flexibility index (Phi) is 13.2. The van der Waals surface area contributed by atoms with Crippen LogP contribution in [-0.2, 0) is 30.4 Å². The first kappa shape index (κ1) is 38.5. The van der Waals surface area contributed by atoms with Gasteiger partial charge in [0.15, 0.2) is 0 Å². The van der Waals surface area contributed by atoms with Crippen LogP contribution in [0.15, 0.2) is 24.3 Å². The van der Waals surface area contributed by atoms with Gasteiger partial charge in [-0.25, -0.2) is 4.79 Å². The van der Waals surface area contributed by atoms with E-state index in [0.717, 1.165) is 12.0 Å². The lowest BCUT2D eigenvalue weighted by Crippen LogP contribution is -2.58. The Bertz CT molecular complexity index is 1330. The molecule has 1 heterocycles. The molecule has 0 radical (unpaired) electrons. The molecule has 0 spiro atoms. The number of hydrogen-bond acceptors (Lipinski definition) is 6. The number of hydrogen-bond donors (Lipinski definition) is 5. The number of anilines is 1. The lowest BCUT2D eigenvalue weighted by molar-refractivity contribution is -0.151. The Morgan fingerprint density at radius 3 is 2.08 bits per heavy atom. The number of unbranched alkanes of at least 4 members (excludes halogenated alkanes) is 2. The van der Waals surface area contributed by atoms with Crippen molar-refractivity contribution in [3.05, 3.63) is 29.8 Å². The van der Waals surface area contributed by atoms with E-state index in [1.165, 1.54) is 4.90 Å². The molecule has 2 fully saturated rings. The van der Waals surface area contributed by atoms with Crippen molar-refractivity contribution in [2.24, 2.45) is 27.9 Å². The van der Waals surface area contributed by atoms with Crippen molar-refractivity contribution in [2.75, 3.05) is 25.0 Å². The number of benzene rings is 1. The first-order valence-electron chi connectivity index (χ1n) is 17.3. The topological polar surface area (TPSA) is 180 Å². The lowest BCUT2D eigenvalue weighted by atomic mass is 9.67. The summed E-state index contributed by atoms with van der Waals surface area (Å²) in [6.07, 6.45) is 5.20. The van der Waals surface area contributed by atoms with Crippen LogP contribution in [0.3, 0.4) is 0 Å². The first-order chi connectivity index (χ1) is 22.4. The molecular weight excluding hydrogens is 612 g/mol. The average Bonchev–Trinajstić information content (AvgIpc) is 3.25. The minimum Gasteiger partial charge on any atom is -0.355 e. The van der Waals surface area contributed by atoms with Crippen LogP contribution in [0.1, 0.15) is 105 Å². The number of nitrogens with one attached hydrogen (secondary N) is 4. The van der Waals surface area contributed by atoms with Crippen molar-refractivity contribution in [3.63, 3.8) is 0 Å². The number of nitrogens with zero attached hydrogens (tertiary/aromatic N) is 1. The molecule has 1 aliphatic heterocycles. The van der Waals surface area contributed by atoms with Crippen molar-refractivity contribution in [1.82, 2.24) is 20.9 Å². The summed E-state index contributed by atoms with van der Waals surface area (Å²) in [5.41, 5.74) is 5.51. The van der Waals surface area contributed by atoms with Crippen molar-refractivity contribution in [3.8, 4) is 0 Å². The third-order valence-electron chi connectivity index (χ3n) is 9.26. The largest absolute Gasteiger partial charge is 0.355 e. The number of carbonyl (C=O) groups excluding carboxylic acids is 6. The molecule has 2 aliphatic rings. The van der Waals surface area contributed by atoms with Gasteiger partial charge in [0.1, 0.15) is 11.5 Å². The van der Waals surface area contributed by atoms with E-state index < -0.39 is 29.3 Å². The maximum atomic E-state index is 13.6. The quantitative estimate of drug-likeness (QED) is 0.101. The maximum Gasteiger partial charge on any atom is 0.312 e. The Labute approximate surface area is 285 Å². The summed E-state index contributed by atoms with van der Waals surface area (Å²) in [5.74, 6) is -1.80. The van der Waals surface area contributed by atoms with E-state index in [2.05, 4.69) is 42.0 Å². The van der Waals surface area contributed by atoms with Crippen LogP contribution in [0.5, 0.6) is 0 Å². The Morgan fingerprint density at radius 2 is 1.54 bits per heavy atom. The number of amides is 7. The van der Waals surface area contributed by atoms with Crippen molar-refractivity contribution in [2.45, 2.75) is 112 Å². The fourth-order valence-electron chi connectivity index (χ4n) is 6.26. The molecule has 1 unspecified atom stereocenters. The summed E-state index contributed by atoms with van der Waals surface area (Å²) < 4.78 is 0. The lowest BCUT2D eigenvalue weighted by Gasteiger charge is -2.39. The minimum atomic E-state index is -1.25. The summed E-state index contributed by atoms with van der Waals surface area (Å²) in [4.78, 5) is 77.9. The summed E-state index contributed by atoms with van der Waals surface area (Å²) in [5, 5.41) is 11.1. The van der Waals surface area contributed by atoms with Gasteiger partial charge < -0.3 is 27.0 Å². The number of imide groups is 1. The molecule has 0 bridgehead atoms. The van der Waals surface area contributed by atoms with E-state index in [1.54, 1.807) is 0 Å². The zero-order chi connectivity index (χ0) is 35.7. The fourth-order valence-corrected chi connectivity index (χ4v) is 6.26. The van der Waals surface area contributed by atoms with E-state index in [1.807, 2.05) is 45.0 Å². The SMILES string of the molecule is CC(C)(C)Cc1ccc(NC(=O)[C@H](CCCNC(N)=O)NC(=O)C2(C(=O)NCCCCCN3C(=O)CC(C(C)(C)C)C3=O)CCC2)cc1. The number of rotatable bonds is 16. The van der Waals surface area contributed by atoms with Crippen LogP contribution >= 0.6 is 0 Å². The van der Waals surface area contributed by atoms with Gasteiger partial charge >= 0.3 is 6.03 Å². The Hall–Kier alpha value is -3.96. The average molecular weight is 669 g/mol. The van der Waals surface area contributed by atoms with Crippen molar-refractivity contribution < 1.29 is 28.8 Å². The standard InChI is InChI=1S/C36H56N6O6/c1-34(2,3)23-24-13-15-25(16-14-24)40-29(44)27(12-10-20-39-33(37)48)41-32(47)36(17-11-18-36)31(46)38-19-8-7-9-21-42-28(43)22-26(30(42)45)35(4,5)6/h13-16,26-27H,7-12,17-23H2,1-6H3,(H,38,46)(H,40,44)(H,41,47)(H3,37,39,48)/t26?,27-/m0/s1. The predicted molar refractivity (Wildman–Crippen MR) is 184 cm³/mol.